The predicted molar refractivity (Wildman–Crippen MR) is 80.1 cm³/mol. The van der Waals surface area contributed by atoms with E-state index in [-0.39, 0.29) is 11.5 Å². The summed E-state index contributed by atoms with van der Waals surface area (Å²) in [5.74, 6) is 0. The first kappa shape index (κ1) is 17.1. The van der Waals surface area contributed by atoms with Crippen molar-refractivity contribution in [3.05, 3.63) is 29.3 Å². The average Bonchev–Trinajstić information content (AvgIpc) is 2.38. The Kier molecular flexibility index (Phi) is 6.61. The number of hydrogen-bond donors (Lipinski definition) is 2. The second-order valence-corrected chi connectivity index (χ2v) is 6.92. The van der Waals surface area contributed by atoms with Gasteiger partial charge in [-0.25, -0.2) is 13.1 Å². The third-order valence-corrected chi connectivity index (χ3v) is 4.58. The predicted octanol–water partition coefficient (Wildman–Crippen LogP) is 1.11. The van der Waals surface area contributed by atoms with Crippen molar-refractivity contribution in [2.45, 2.75) is 31.3 Å². The normalized spacial score (nSPS) is 12.1. The van der Waals surface area contributed by atoms with E-state index in [1.807, 2.05) is 21.0 Å². The standard InChI is InChI=1S/C14H24N2O3S/c1-12-6-7-14(10-13(12)11-17)20(18,19)15-8-4-5-9-16(2)3/h6-7,10,15,17H,4-5,8-9,11H2,1-3H3. The highest BCUT2D eigenvalue weighted by Gasteiger charge is 2.14. The Morgan fingerprint density at radius 2 is 1.95 bits per heavy atom. The van der Waals surface area contributed by atoms with Crippen LogP contribution in [-0.2, 0) is 16.6 Å². The minimum atomic E-state index is -3.49. The quantitative estimate of drug-likeness (QED) is 0.706. The van der Waals surface area contributed by atoms with Crippen molar-refractivity contribution < 1.29 is 13.5 Å². The highest BCUT2D eigenvalue weighted by atomic mass is 32.2. The Bertz CT molecular complexity index is 527. The van der Waals surface area contributed by atoms with Gasteiger partial charge in [0.2, 0.25) is 10.0 Å². The summed E-state index contributed by atoms with van der Waals surface area (Å²) in [4.78, 5) is 2.28. The molecule has 0 heterocycles. The molecule has 0 aliphatic rings. The third-order valence-electron chi connectivity index (χ3n) is 3.13. The van der Waals surface area contributed by atoms with Gasteiger partial charge in [0.05, 0.1) is 11.5 Å². The second kappa shape index (κ2) is 7.73. The van der Waals surface area contributed by atoms with Gasteiger partial charge in [0.25, 0.3) is 0 Å². The van der Waals surface area contributed by atoms with E-state index in [0.29, 0.717) is 12.1 Å². The van der Waals surface area contributed by atoms with Gasteiger partial charge < -0.3 is 10.0 Å². The van der Waals surface area contributed by atoms with Crippen LogP contribution in [0.5, 0.6) is 0 Å². The van der Waals surface area contributed by atoms with Crippen LogP contribution in [0.15, 0.2) is 23.1 Å². The zero-order valence-electron chi connectivity index (χ0n) is 12.4. The number of nitrogens with one attached hydrogen (secondary N) is 1. The molecular weight excluding hydrogens is 276 g/mol. The van der Waals surface area contributed by atoms with Gasteiger partial charge in [-0.2, -0.15) is 0 Å². The van der Waals surface area contributed by atoms with E-state index in [0.717, 1.165) is 24.9 Å². The summed E-state index contributed by atoms with van der Waals surface area (Å²) in [6.07, 6.45) is 1.75. The number of benzene rings is 1. The maximum Gasteiger partial charge on any atom is 0.240 e. The molecule has 1 aromatic carbocycles. The van der Waals surface area contributed by atoms with Gasteiger partial charge in [-0.15, -0.1) is 0 Å². The molecule has 0 aliphatic heterocycles. The largest absolute Gasteiger partial charge is 0.392 e. The van der Waals surface area contributed by atoms with E-state index in [4.69, 9.17) is 0 Å². The van der Waals surface area contributed by atoms with Gasteiger partial charge in [0, 0.05) is 6.54 Å². The summed E-state index contributed by atoms with van der Waals surface area (Å²) in [5.41, 5.74) is 1.53. The molecule has 1 rings (SSSR count). The molecule has 0 aliphatic carbocycles. The molecule has 0 spiro atoms. The number of sulfonamides is 1. The second-order valence-electron chi connectivity index (χ2n) is 5.15. The topological polar surface area (TPSA) is 69.6 Å². The van der Waals surface area contributed by atoms with E-state index in [2.05, 4.69) is 9.62 Å². The maximum atomic E-state index is 12.1. The Morgan fingerprint density at radius 3 is 2.55 bits per heavy atom. The number of aliphatic hydroxyl groups excluding tert-OH is 1. The zero-order chi connectivity index (χ0) is 15.2. The summed E-state index contributed by atoms with van der Waals surface area (Å²) in [6.45, 7) is 3.06. The first-order chi connectivity index (χ1) is 9.36. The molecule has 0 atom stereocenters. The van der Waals surface area contributed by atoms with E-state index < -0.39 is 10.0 Å². The Labute approximate surface area is 121 Å². The summed E-state index contributed by atoms with van der Waals surface area (Å²) in [6, 6.07) is 4.81. The summed E-state index contributed by atoms with van der Waals surface area (Å²) >= 11 is 0. The molecule has 6 heteroatoms. The van der Waals surface area contributed by atoms with Crippen LogP contribution in [0.25, 0.3) is 0 Å². The molecule has 0 aromatic heterocycles. The summed E-state index contributed by atoms with van der Waals surface area (Å²) in [5, 5.41) is 9.19. The summed E-state index contributed by atoms with van der Waals surface area (Å²) in [7, 11) is 0.501. The van der Waals surface area contributed by atoms with Crippen LogP contribution in [0, 0.1) is 6.92 Å². The molecule has 0 fully saturated rings. The van der Waals surface area contributed by atoms with Gasteiger partial charge in [-0.05, 0) is 63.7 Å². The number of aryl methyl sites for hydroxylation is 1. The molecule has 5 nitrogen and oxygen atoms in total. The lowest BCUT2D eigenvalue weighted by Crippen LogP contribution is -2.25. The number of unbranched alkanes of at least 4 members (excludes halogenated alkanes) is 1. The Balaban J connectivity index is 2.60. The van der Waals surface area contributed by atoms with Crippen LogP contribution >= 0.6 is 0 Å². The molecule has 0 amide bonds. The molecule has 0 saturated heterocycles. The van der Waals surface area contributed by atoms with Crippen LogP contribution in [0.3, 0.4) is 0 Å². The molecule has 0 unspecified atom stereocenters. The Hall–Kier alpha value is -0.950. The SMILES string of the molecule is Cc1ccc(S(=O)(=O)NCCCCN(C)C)cc1CO. The van der Waals surface area contributed by atoms with Crippen LogP contribution in [0.1, 0.15) is 24.0 Å². The van der Waals surface area contributed by atoms with Crippen molar-refractivity contribution in [2.24, 2.45) is 0 Å². The van der Waals surface area contributed by atoms with Gasteiger partial charge in [0.1, 0.15) is 0 Å². The molecular formula is C14H24N2O3S. The average molecular weight is 300 g/mol. The third kappa shape index (κ3) is 5.20. The smallest absolute Gasteiger partial charge is 0.240 e. The van der Waals surface area contributed by atoms with Gasteiger partial charge in [-0.1, -0.05) is 6.07 Å². The molecule has 0 bridgehead atoms. The van der Waals surface area contributed by atoms with Crippen LogP contribution in [0.4, 0.5) is 0 Å². The first-order valence-electron chi connectivity index (χ1n) is 6.71. The van der Waals surface area contributed by atoms with Crippen molar-refractivity contribution >= 4 is 10.0 Å². The summed E-state index contributed by atoms with van der Waals surface area (Å²) < 4.78 is 26.8. The fourth-order valence-electron chi connectivity index (χ4n) is 1.83. The number of hydrogen-bond acceptors (Lipinski definition) is 4. The van der Waals surface area contributed by atoms with Crippen molar-refractivity contribution in [1.82, 2.24) is 9.62 Å². The van der Waals surface area contributed by atoms with Crippen molar-refractivity contribution in [3.63, 3.8) is 0 Å². The first-order valence-corrected chi connectivity index (χ1v) is 8.20. The van der Waals surface area contributed by atoms with Crippen LogP contribution < -0.4 is 4.72 Å². The minimum Gasteiger partial charge on any atom is -0.392 e. The van der Waals surface area contributed by atoms with E-state index >= 15 is 0 Å². The maximum absolute atomic E-state index is 12.1. The van der Waals surface area contributed by atoms with Crippen molar-refractivity contribution in [1.29, 1.82) is 0 Å². The molecule has 2 N–H and O–H groups in total. The van der Waals surface area contributed by atoms with Crippen LogP contribution in [0.2, 0.25) is 0 Å². The number of aliphatic hydroxyl groups is 1. The van der Waals surface area contributed by atoms with Crippen molar-refractivity contribution in [3.8, 4) is 0 Å². The lowest BCUT2D eigenvalue weighted by atomic mass is 10.1. The fraction of sp³-hybridized carbons (Fsp3) is 0.571. The fourth-order valence-corrected chi connectivity index (χ4v) is 2.95. The van der Waals surface area contributed by atoms with E-state index in [1.54, 1.807) is 12.1 Å². The van der Waals surface area contributed by atoms with E-state index in [9.17, 15) is 13.5 Å². The number of nitrogens with zero attached hydrogens (tertiary/aromatic N) is 1. The van der Waals surface area contributed by atoms with Gasteiger partial charge >= 0.3 is 0 Å². The van der Waals surface area contributed by atoms with Crippen LogP contribution in [-0.4, -0.2) is 45.6 Å². The monoisotopic (exact) mass is 300 g/mol. The lowest BCUT2D eigenvalue weighted by molar-refractivity contribution is 0.280. The molecule has 114 valence electrons. The highest BCUT2D eigenvalue weighted by Crippen LogP contribution is 2.15. The lowest BCUT2D eigenvalue weighted by Gasteiger charge is -2.11. The highest BCUT2D eigenvalue weighted by molar-refractivity contribution is 7.89. The van der Waals surface area contributed by atoms with E-state index in [1.165, 1.54) is 6.07 Å². The Morgan fingerprint density at radius 1 is 1.25 bits per heavy atom. The zero-order valence-corrected chi connectivity index (χ0v) is 13.2. The molecule has 0 saturated carbocycles. The number of rotatable bonds is 8. The van der Waals surface area contributed by atoms with Gasteiger partial charge in [-0.3, -0.25) is 0 Å². The molecule has 0 radical (unpaired) electrons. The molecule has 20 heavy (non-hydrogen) atoms. The van der Waals surface area contributed by atoms with Gasteiger partial charge in [0.15, 0.2) is 0 Å². The molecule has 1 aromatic rings. The van der Waals surface area contributed by atoms with Crippen molar-refractivity contribution in [2.75, 3.05) is 27.2 Å². The minimum absolute atomic E-state index is 0.155.